The molecule has 8 heteroatoms. The summed E-state index contributed by atoms with van der Waals surface area (Å²) in [5, 5.41) is 16.1. The molecule has 3 aliphatic carbocycles. The van der Waals surface area contributed by atoms with Crippen LogP contribution in [0.5, 0.6) is 5.75 Å². The van der Waals surface area contributed by atoms with Gasteiger partial charge in [-0.1, -0.05) is 24.3 Å². The number of benzene rings is 2. The average molecular weight is 431 g/mol. The molecule has 1 saturated heterocycles. The summed E-state index contributed by atoms with van der Waals surface area (Å²) in [7, 11) is 0. The molecule has 2 amide bonds. The lowest BCUT2D eigenvalue weighted by atomic mass is 9.63. The van der Waals surface area contributed by atoms with Crippen molar-refractivity contribution < 1.29 is 19.2 Å². The maximum atomic E-state index is 12.9. The minimum absolute atomic E-state index is 0.0189. The maximum Gasteiger partial charge on any atom is 0.269 e. The van der Waals surface area contributed by atoms with E-state index in [-0.39, 0.29) is 47.8 Å². The highest BCUT2D eigenvalue weighted by atomic mass is 16.6. The molecule has 1 aliphatic heterocycles. The second-order valence-corrected chi connectivity index (χ2v) is 8.32. The predicted molar refractivity (Wildman–Crippen MR) is 116 cm³/mol. The molecule has 0 N–H and O–H groups in total. The largest absolute Gasteiger partial charge is 0.488 e. The van der Waals surface area contributed by atoms with E-state index in [9.17, 15) is 19.7 Å². The molecule has 4 atom stereocenters. The third-order valence-corrected chi connectivity index (χ3v) is 6.51. The van der Waals surface area contributed by atoms with Crippen LogP contribution in [-0.2, 0) is 16.2 Å². The molecule has 1 saturated carbocycles. The quantitative estimate of drug-likeness (QED) is 0.228. The van der Waals surface area contributed by atoms with Crippen molar-refractivity contribution >= 4 is 23.7 Å². The molecule has 0 radical (unpaired) electrons. The lowest BCUT2D eigenvalue weighted by Gasteiger charge is -2.37. The lowest BCUT2D eigenvalue weighted by molar-refractivity contribution is -0.384. The number of amides is 2. The van der Waals surface area contributed by atoms with Gasteiger partial charge in [-0.25, -0.2) is 0 Å². The highest BCUT2D eigenvalue weighted by Gasteiger charge is 2.56. The highest BCUT2D eigenvalue weighted by Crippen LogP contribution is 2.49. The highest BCUT2D eigenvalue weighted by molar-refractivity contribution is 6.06. The maximum absolute atomic E-state index is 12.9. The van der Waals surface area contributed by atoms with Crippen LogP contribution >= 0.6 is 0 Å². The van der Waals surface area contributed by atoms with Crippen LogP contribution in [0.15, 0.2) is 65.8 Å². The minimum Gasteiger partial charge on any atom is -0.488 e. The van der Waals surface area contributed by atoms with E-state index in [2.05, 4.69) is 17.3 Å². The van der Waals surface area contributed by atoms with Crippen LogP contribution in [-0.4, -0.2) is 28.0 Å². The summed E-state index contributed by atoms with van der Waals surface area (Å²) in [5.41, 5.74) is 1.43. The third kappa shape index (κ3) is 3.47. The Hall–Kier alpha value is -3.81. The topological polar surface area (TPSA) is 102 Å². The number of hydrogen-bond donors (Lipinski definition) is 0. The van der Waals surface area contributed by atoms with Crippen molar-refractivity contribution in [3.63, 3.8) is 0 Å². The van der Waals surface area contributed by atoms with Gasteiger partial charge in [0.2, 0.25) is 0 Å². The van der Waals surface area contributed by atoms with Crippen LogP contribution in [0.2, 0.25) is 0 Å². The number of para-hydroxylation sites is 1. The lowest BCUT2D eigenvalue weighted by Crippen LogP contribution is -2.38. The molecule has 32 heavy (non-hydrogen) atoms. The number of carbonyl (C=O) groups is 2. The molecule has 2 aromatic rings. The summed E-state index contributed by atoms with van der Waals surface area (Å²) in [6.45, 7) is 0.212. The Morgan fingerprint density at radius 2 is 1.62 bits per heavy atom. The first-order valence-electron chi connectivity index (χ1n) is 10.6. The molecular formula is C24H21N3O5. The van der Waals surface area contributed by atoms with Gasteiger partial charge in [0.15, 0.2) is 0 Å². The van der Waals surface area contributed by atoms with Crippen molar-refractivity contribution in [3.8, 4) is 5.75 Å². The zero-order chi connectivity index (χ0) is 22.2. The van der Waals surface area contributed by atoms with Gasteiger partial charge in [-0.2, -0.15) is 10.1 Å². The first-order valence-corrected chi connectivity index (χ1v) is 10.6. The third-order valence-electron chi connectivity index (χ3n) is 6.51. The van der Waals surface area contributed by atoms with E-state index in [1.807, 2.05) is 12.1 Å². The van der Waals surface area contributed by atoms with Gasteiger partial charge in [-0.15, -0.1) is 0 Å². The van der Waals surface area contributed by atoms with Crippen molar-refractivity contribution in [1.29, 1.82) is 0 Å². The van der Waals surface area contributed by atoms with Gasteiger partial charge in [-0.3, -0.25) is 19.7 Å². The standard InChI is InChI=1S/C24H21N3O5/c28-23-21-16-7-8-17(10-9-16)22(21)24(29)26(23)25-13-18-3-1-2-4-20(18)32-14-15-5-11-19(12-6-15)27(30)31/h1-8,11-13,16-17,21-22H,9-10,14H2/b25-13-/t16-,17-,21+,22+/m0/s1. The molecule has 6 rings (SSSR count). The van der Waals surface area contributed by atoms with Crippen LogP contribution < -0.4 is 4.74 Å². The molecule has 2 bridgehead atoms. The van der Waals surface area contributed by atoms with Crippen LogP contribution in [0.1, 0.15) is 24.0 Å². The Kier molecular flexibility index (Phi) is 5.05. The van der Waals surface area contributed by atoms with Crippen molar-refractivity contribution in [2.24, 2.45) is 28.8 Å². The zero-order valence-corrected chi connectivity index (χ0v) is 17.2. The van der Waals surface area contributed by atoms with Crippen LogP contribution in [0.3, 0.4) is 0 Å². The monoisotopic (exact) mass is 431 g/mol. The summed E-state index contributed by atoms with van der Waals surface area (Å²) in [4.78, 5) is 36.2. The molecule has 1 heterocycles. The van der Waals surface area contributed by atoms with E-state index in [0.717, 1.165) is 23.4 Å². The van der Waals surface area contributed by atoms with Gasteiger partial charge in [0, 0.05) is 17.7 Å². The number of nitro benzene ring substituents is 1. The Morgan fingerprint density at radius 3 is 2.22 bits per heavy atom. The summed E-state index contributed by atoms with van der Waals surface area (Å²) in [6.07, 6.45) is 7.52. The van der Waals surface area contributed by atoms with Crippen molar-refractivity contribution in [3.05, 3.63) is 81.9 Å². The minimum atomic E-state index is -0.449. The van der Waals surface area contributed by atoms with Crippen LogP contribution in [0.25, 0.3) is 0 Å². The van der Waals surface area contributed by atoms with Crippen LogP contribution in [0.4, 0.5) is 5.69 Å². The van der Waals surface area contributed by atoms with Crippen molar-refractivity contribution in [1.82, 2.24) is 5.01 Å². The summed E-state index contributed by atoms with van der Waals surface area (Å²) in [5.74, 6) is -0.251. The van der Waals surface area contributed by atoms with E-state index in [4.69, 9.17) is 4.74 Å². The smallest absolute Gasteiger partial charge is 0.269 e. The summed E-state index contributed by atoms with van der Waals surface area (Å²) < 4.78 is 5.87. The van der Waals surface area contributed by atoms with Crippen LogP contribution in [0, 0.1) is 33.8 Å². The zero-order valence-electron chi connectivity index (χ0n) is 17.2. The number of hydrazone groups is 1. The Morgan fingerprint density at radius 1 is 1.00 bits per heavy atom. The van der Waals surface area contributed by atoms with Gasteiger partial charge in [0.05, 0.1) is 23.0 Å². The number of carbonyl (C=O) groups excluding carboxylic acids is 2. The van der Waals surface area contributed by atoms with E-state index < -0.39 is 4.92 Å². The number of nitrogens with zero attached hydrogens (tertiary/aromatic N) is 3. The fraction of sp³-hybridized carbons (Fsp3) is 0.292. The SMILES string of the molecule is O=C1[C@H]2[C@H](C(=O)N1/N=C\c1ccccc1OCc1ccc([N+](=O)[O-])cc1)[C@H]1C=C[C@H]2CC1. The fourth-order valence-corrected chi connectivity index (χ4v) is 4.89. The Balaban J connectivity index is 1.31. The van der Waals surface area contributed by atoms with Gasteiger partial charge in [0.25, 0.3) is 17.5 Å². The Labute approximate surface area is 184 Å². The summed E-state index contributed by atoms with van der Waals surface area (Å²) in [6, 6.07) is 13.3. The van der Waals surface area contributed by atoms with Crippen molar-refractivity contribution in [2.75, 3.05) is 0 Å². The molecule has 0 unspecified atom stereocenters. The molecule has 2 fully saturated rings. The number of ether oxygens (including phenoxy) is 1. The number of nitro groups is 1. The molecule has 8 nitrogen and oxygen atoms in total. The number of allylic oxidation sites excluding steroid dienone is 2. The molecule has 0 spiro atoms. The molecule has 4 aliphatic rings. The number of fused-ring (bicyclic) bond motifs is 1. The first kappa shape index (κ1) is 20.1. The molecular weight excluding hydrogens is 410 g/mol. The number of rotatable bonds is 6. The Bertz CT molecular complexity index is 1110. The molecule has 0 aromatic heterocycles. The molecule has 2 aromatic carbocycles. The second-order valence-electron chi connectivity index (χ2n) is 8.32. The van der Waals surface area contributed by atoms with Gasteiger partial charge in [0.1, 0.15) is 12.4 Å². The predicted octanol–water partition coefficient (Wildman–Crippen LogP) is 3.70. The second kappa shape index (κ2) is 8.03. The van der Waals surface area contributed by atoms with E-state index in [1.54, 1.807) is 24.3 Å². The number of imide groups is 1. The normalized spacial score (nSPS) is 26.1. The van der Waals surface area contributed by atoms with E-state index >= 15 is 0 Å². The first-order chi connectivity index (χ1) is 15.5. The van der Waals surface area contributed by atoms with E-state index in [1.165, 1.54) is 18.3 Å². The van der Waals surface area contributed by atoms with Gasteiger partial charge < -0.3 is 4.74 Å². The molecule has 162 valence electrons. The average Bonchev–Trinajstić information content (AvgIpc) is 3.09. The number of non-ortho nitro benzene ring substituents is 1. The van der Waals surface area contributed by atoms with Gasteiger partial charge >= 0.3 is 0 Å². The summed E-state index contributed by atoms with van der Waals surface area (Å²) >= 11 is 0. The van der Waals surface area contributed by atoms with Gasteiger partial charge in [-0.05, 0) is 54.5 Å². The van der Waals surface area contributed by atoms with Crippen molar-refractivity contribution in [2.45, 2.75) is 19.4 Å². The fourth-order valence-electron chi connectivity index (χ4n) is 4.89. The van der Waals surface area contributed by atoms with E-state index in [0.29, 0.717) is 11.3 Å². The number of hydrogen-bond acceptors (Lipinski definition) is 6.